The number of halogens is 2. The predicted molar refractivity (Wildman–Crippen MR) is 59.6 cm³/mol. The largest absolute Gasteiger partial charge is 0.386 e. The van der Waals surface area contributed by atoms with Crippen LogP contribution in [0.15, 0.2) is 23.3 Å². The molecule has 0 spiro atoms. The minimum Gasteiger partial charge on any atom is -0.386 e. The van der Waals surface area contributed by atoms with Crippen LogP contribution >= 0.6 is 11.6 Å². The summed E-state index contributed by atoms with van der Waals surface area (Å²) in [6.45, 7) is 1.98. The summed E-state index contributed by atoms with van der Waals surface area (Å²) in [5, 5.41) is 5.95. The van der Waals surface area contributed by atoms with E-state index in [0.717, 1.165) is 0 Å². The highest BCUT2D eigenvalue weighted by molar-refractivity contribution is 6.30. The second kappa shape index (κ2) is 3.70. The first-order chi connectivity index (χ1) is 7.08. The molecule has 1 aromatic rings. The molecule has 0 aromatic heterocycles. The summed E-state index contributed by atoms with van der Waals surface area (Å²) < 4.78 is 13.2. The molecule has 0 fully saturated rings. The van der Waals surface area contributed by atoms with Gasteiger partial charge >= 0.3 is 0 Å². The third-order valence-corrected chi connectivity index (χ3v) is 2.63. The fourth-order valence-corrected chi connectivity index (χ4v) is 1.72. The number of hydrogen-bond donors (Lipinski definition) is 1. The molecule has 1 aliphatic heterocycles. The lowest BCUT2D eigenvalue weighted by atomic mass is 10.2. The van der Waals surface area contributed by atoms with Crippen LogP contribution in [-0.2, 0) is 0 Å². The maximum absolute atomic E-state index is 13.2. The van der Waals surface area contributed by atoms with Crippen molar-refractivity contribution in [2.24, 2.45) is 10.8 Å². The number of nitrogens with zero attached hydrogens (tertiary/aromatic N) is 2. The Morgan fingerprint density at radius 2 is 2.33 bits per heavy atom. The number of nitrogens with two attached hydrogens (primary N) is 1. The van der Waals surface area contributed by atoms with Crippen LogP contribution in [0, 0.1) is 5.82 Å². The van der Waals surface area contributed by atoms with Crippen molar-refractivity contribution in [1.29, 1.82) is 0 Å². The quantitative estimate of drug-likeness (QED) is 0.800. The third-order valence-electron chi connectivity index (χ3n) is 2.33. The summed E-state index contributed by atoms with van der Waals surface area (Å²) in [4.78, 5) is 0. The van der Waals surface area contributed by atoms with Gasteiger partial charge in [0.25, 0.3) is 0 Å². The van der Waals surface area contributed by atoms with Gasteiger partial charge in [0.1, 0.15) is 11.7 Å². The van der Waals surface area contributed by atoms with E-state index in [0.29, 0.717) is 17.9 Å². The van der Waals surface area contributed by atoms with Gasteiger partial charge in [-0.3, -0.25) is 5.01 Å². The lowest BCUT2D eigenvalue weighted by Gasteiger charge is -2.19. The molecule has 0 amide bonds. The Morgan fingerprint density at radius 3 is 2.87 bits per heavy atom. The zero-order chi connectivity index (χ0) is 11.0. The standard InChI is InChI=1S/C10H11ClFN3/c1-6-4-10(13)14-15(6)7-2-3-8(11)9(12)5-7/h2-3,5-6H,4H2,1H3,(H2,13,14). The normalized spacial score (nSPS) is 20.6. The first kappa shape index (κ1) is 10.2. The topological polar surface area (TPSA) is 41.6 Å². The van der Waals surface area contributed by atoms with E-state index in [9.17, 15) is 4.39 Å². The van der Waals surface area contributed by atoms with Gasteiger partial charge in [-0.1, -0.05) is 11.6 Å². The van der Waals surface area contributed by atoms with Crippen molar-refractivity contribution in [3.05, 3.63) is 29.0 Å². The molecule has 1 atom stereocenters. The molecule has 15 heavy (non-hydrogen) atoms. The average molecular weight is 228 g/mol. The fraction of sp³-hybridized carbons (Fsp3) is 0.300. The Balaban J connectivity index is 2.34. The minimum absolute atomic E-state index is 0.113. The number of anilines is 1. The van der Waals surface area contributed by atoms with E-state index in [1.54, 1.807) is 11.1 Å². The van der Waals surface area contributed by atoms with Gasteiger partial charge in [-0.15, -0.1) is 0 Å². The molecule has 1 unspecified atom stereocenters. The summed E-state index contributed by atoms with van der Waals surface area (Å²) in [5.41, 5.74) is 6.28. The summed E-state index contributed by atoms with van der Waals surface area (Å²) in [7, 11) is 0. The number of hydrazone groups is 1. The molecule has 5 heteroatoms. The van der Waals surface area contributed by atoms with Gasteiger partial charge in [0, 0.05) is 12.5 Å². The molecule has 0 saturated heterocycles. The summed E-state index contributed by atoms with van der Waals surface area (Å²) in [5.74, 6) is 0.125. The van der Waals surface area contributed by atoms with Crippen molar-refractivity contribution < 1.29 is 4.39 Å². The van der Waals surface area contributed by atoms with Gasteiger partial charge in [0.05, 0.1) is 16.8 Å². The van der Waals surface area contributed by atoms with Crippen molar-refractivity contribution in [2.45, 2.75) is 19.4 Å². The third kappa shape index (κ3) is 1.90. The molecule has 0 saturated carbocycles. The Kier molecular flexibility index (Phi) is 2.52. The van der Waals surface area contributed by atoms with E-state index < -0.39 is 5.82 Å². The average Bonchev–Trinajstić information content (AvgIpc) is 2.50. The smallest absolute Gasteiger partial charge is 0.143 e. The number of rotatable bonds is 1. The van der Waals surface area contributed by atoms with E-state index in [1.807, 2.05) is 6.92 Å². The van der Waals surface area contributed by atoms with Crippen molar-refractivity contribution >= 4 is 23.1 Å². The maximum Gasteiger partial charge on any atom is 0.143 e. The monoisotopic (exact) mass is 227 g/mol. The molecule has 3 nitrogen and oxygen atoms in total. The lowest BCUT2D eigenvalue weighted by Crippen LogP contribution is -2.22. The second-order valence-corrected chi connectivity index (χ2v) is 3.99. The number of benzene rings is 1. The zero-order valence-corrected chi connectivity index (χ0v) is 9.00. The number of hydrogen-bond acceptors (Lipinski definition) is 3. The van der Waals surface area contributed by atoms with E-state index in [2.05, 4.69) is 5.10 Å². The van der Waals surface area contributed by atoms with E-state index in [1.165, 1.54) is 12.1 Å². The Hall–Kier alpha value is -1.29. The van der Waals surface area contributed by atoms with Gasteiger partial charge in [-0.05, 0) is 19.1 Å². The molecule has 0 radical (unpaired) electrons. The predicted octanol–water partition coefficient (Wildman–Crippen LogP) is 2.35. The van der Waals surface area contributed by atoms with Crippen LogP contribution in [0.25, 0.3) is 0 Å². The molecule has 2 rings (SSSR count). The van der Waals surface area contributed by atoms with Gasteiger partial charge in [-0.25, -0.2) is 4.39 Å². The van der Waals surface area contributed by atoms with E-state index in [4.69, 9.17) is 17.3 Å². The van der Waals surface area contributed by atoms with Crippen molar-refractivity contribution in [3.63, 3.8) is 0 Å². The van der Waals surface area contributed by atoms with Gasteiger partial charge < -0.3 is 5.73 Å². The van der Waals surface area contributed by atoms with Crippen LogP contribution in [0.4, 0.5) is 10.1 Å². The van der Waals surface area contributed by atoms with Crippen LogP contribution in [0.5, 0.6) is 0 Å². The minimum atomic E-state index is -0.443. The Morgan fingerprint density at radius 1 is 1.60 bits per heavy atom. The van der Waals surface area contributed by atoms with Crippen molar-refractivity contribution in [2.75, 3.05) is 5.01 Å². The molecule has 0 bridgehead atoms. The highest BCUT2D eigenvalue weighted by Crippen LogP contribution is 2.26. The van der Waals surface area contributed by atoms with Gasteiger partial charge in [0.15, 0.2) is 0 Å². The summed E-state index contributed by atoms with van der Waals surface area (Å²) in [6.07, 6.45) is 0.699. The van der Waals surface area contributed by atoms with Crippen LogP contribution in [0.3, 0.4) is 0 Å². The summed E-state index contributed by atoms with van der Waals surface area (Å²) in [6, 6.07) is 4.76. The molecule has 0 aliphatic carbocycles. The van der Waals surface area contributed by atoms with Crippen molar-refractivity contribution in [1.82, 2.24) is 0 Å². The first-order valence-corrected chi connectivity index (χ1v) is 5.03. The Labute approximate surface area is 92.3 Å². The molecule has 1 heterocycles. The molecule has 1 aliphatic rings. The highest BCUT2D eigenvalue weighted by atomic mass is 35.5. The summed E-state index contributed by atoms with van der Waals surface area (Å²) >= 11 is 5.60. The van der Waals surface area contributed by atoms with Crippen LogP contribution in [-0.4, -0.2) is 11.9 Å². The van der Waals surface area contributed by atoms with Gasteiger partial charge in [-0.2, -0.15) is 5.10 Å². The van der Waals surface area contributed by atoms with Crippen LogP contribution in [0.2, 0.25) is 5.02 Å². The molecule has 1 aromatic carbocycles. The van der Waals surface area contributed by atoms with Gasteiger partial charge in [0.2, 0.25) is 0 Å². The lowest BCUT2D eigenvalue weighted by molar-refractivity contribution is 0.625. The second-order valence-electron chi connectivity index (χ2n) is 3.59. The van der Waals surface area contributed by atoms with Crippen LogP contribution < -0.4 is 10.7 Å². The Bertz CT molecular complexity index is 419. The fourth-order valence-electron chi connectivity index (χ4n) is 1.61. The zero-order valence-electron chi connectivity index (χ0n) is 8.24. The molecule has 80 valence electrons. The molecule has 2 N–H and O–H groups in total. The maximum atomic E-state index is 13.2. The SMILES string of the molecule is CC1CC(N)=NN1c1ccc(Cl)c(F)c1. The highest BCUT2D eigenvalue weighted by Gasteiger charge is 2.22. The first-order valence-electron chi connectivity index (χ1n) is 4.65. The molecular weight excluding hydrogens is 217 g/mol. The molecular formula is C10H11ClFN3. The van der Waals surface area contributed by atoms with E-state index >= 15 is 0 Å². The van der Waals surface area contributed by atoms with Crippen molar-refractivity contribution in [3.8, 4) is 0 Å². The van der Waals surface area contributed by atoms with Crippen LogP contribution in [0.1, 0.15) is 13.3 Å². The number of amidine groups is 1. The van der Waals surface area contributed by atoms with E-state index in [-0.39, 0.29) is 11.1 Å².